The fraction of sp³-hybridized carbons (Fsp3) is 1.00. The molecule has 0 radical (unpaired) electrons. The van der Waals surface area contributed by atoms with E-state index in [-0.39, 0.29) is 11.5 Å². The summed E-state index contributed by atoms with van der Waals surface area (Å²) >= 11 is 0. The topological polar surface area (TPSA) is 68.3 Å². The molecule has 3 fully saturated rings. The summed E-state index contributed by atoms with van der Waals surface area (Å²) < 4.78 is 43.3. The Labute approximate surface area is 158 Å². The van der Waals surface area contributed by atoms with Crippen LogP contribution < -0.4 is 0 Å². The Morgan fingerprint density at radius 2 is 1.85 bits per heavy atom. The minimum absolute atomic E-state index is 0.181. The molecule has 1 atom stereocenters. The lowest BCUT2D eigenvalue weighted by Crippen LogP contribution is -2.50. The van der Waals surface area contributed by atoms with E-state index >= 15 is 0 Å². The summed E-state index contributed by atoms with van der Waals surface area (Å²) in [5.41, 5.74) is 0. The van der Waals surface area contributed by atoms with Gasteiger partial charge < -0.3 is 19.1 Å². The summed E-state index contributed by atoms with van der Waals surface area (Å²) in [4.78, 5) is 2.39. The average Bonchev–Trinajstić information content (AvgIpc) is 3.10. The standard InChI is InChI=1S/C18H34N2O5S/c1-23-13-4-16-26(21,22)20-11-9-19(10-12-20)8-6-17-5-2-3-7-18(17)24-14-15-25-18/h17H,2-16H2,1H3/t17-/m1/s1. The number of methoxy groups -OCH3 is 1. The molecule has 3 rings (SSSR count). The van der Waals surface area contributed by atoms with Gasteiger partial charge in [0.1, 0.15) is 0 Å². The molecule has 0 bridgehead atoms. The van der Waals surface area contributed by atoms with Gasteiger partial charge in [0.05, 0.1) is 19.0 Å². The molecule has 3 aliphatic rings. The van der Waals surface area contributed by atoms with Crippen molar-refractivity contribution in [3.05, 3.63) is 0 Å². The fourth-order valence-electron chi connectivity index (χ4n) is 4.49. The lowest BCUT2D eigenvalue weighted by atomic mass is 9.81. The van der Waals surface area contributed by atoms with Crippen molar-refractivity contribution in [1.29, 1.82) is 0 Å². The van der Waals surface area contributed by atoms with Crippen molar-refractivity contribution in [3.8, 4) is 0 Å². The molecule has 2 heterocycles. The second-order valence-electron chi connectivity index (χ2n) is 7.64. The van der Waals surface area contributed by atoms with Crippen LogP contribution in [0.3, 0.4) is 0 Å². The predicted molar refractivity (Wildman–Crippen MR) is 99.5 cm³/mol. The molecule has 0 aromatic heterocycles. The minimum atomic E-state index is -3.15. The quantitative estimate of drug-likeness (QED) is 0.582. The highest BCUT2D eigenvalue weighted by Gasteiger charge is 2.45. The lowest BCUT2D eigenvalue weighted by molar-refractivity contribution is -0.214. The van der Waals surface area contributed by atoms with Crippen molar-refractivity contribution in [3.63, 3.8) is 0 Å². The Bertz CT molecular complexity index is 528. The zero-order chi connectivity index (χ0) is 18.5. The SMILES string of the molecule is COCCCS(=O)(=O)N1CCN(CC[C@H]2CCCCC23OCCO3)CC1. The van der Waals surface area contributed by atoms with Gasteiger partial charge in [-0.3, -0.25) is 0 Å². The van der Waals surface area contributed by atoms with E-state index < -0.39 is 10.0 Å². The summed E-state index contributed by atoms with van der Waals surface area (Å²) in [5.74, 6) is 0.319. The molecule has 0 aromatic carbocycles. The van der Waals surface area contributed by atoms with Gasteiger partial charge in [-0.1, -0.05) is 6.42 Å². The zero-order valence-electron chi connectivity index (χ0n) is 16.0. The van der Waals surface area contributed by atoms with Crippen molar-refractivity contribution in [2.75, 3.05) is 65.4 Å². The van der Waals surface area contributed by atoms with Gasteiger partial charge in [-0.15, -0.1) is 0 Å². The van der Waals surface area contributed by atoms with E-state index in [1.165, 1.54) is 19.3 Å². The van der Waals surface area contributed by atoms with Crippen LogP contribution in [0.1, 0.15) is 38.5 Å². The van der Waals surface area contributed by atoms with Crippen molar-refractivity contribution in [2.45, 2.75) is 44.3 Å². The van der Waals surface area contributed by atoms with E-state index in [0.717, 1.165) is 45.7 Å². The van der Waals surface area contributed by atoms with Crippen molar-refractivity contribution >= 4 is 10.0 Å². The van der Waals surface area contributed by atoms with Crippen LogP contribution in [0.5, 0.6) is 0 Å². The zero-order valence-corrected chi connectivity index (χ0v) is 16.8. The Kier molecular flexibility index (Phi) is 7.32. The molecular formula is C18H34N2O5S. The van der Waals surface area contributed by atoms with Gasteiger partial charge in [-0.25, -0.2) is 8.42 Å². The summed E-state index contributed by atoms with van der Waals surface area (Å²) in [5, 5.41) is 0. The predicted octanol–water partition coefficient (Wildman–Crippen LogP) is 1.29. The van der Waals surface area contributed by atoms with E-state index in [1.54, 1.807) is 11.4 Å². The maximum absolute atomic E-state index is 12.4. The van der Waals surface area contributed by atoms with Gasteiger partial charge >= 0.3 is 0 Å². The molecule has 0 aromatic rings. The molecule has 2 aliphatic heterocycles. The number of nitrogens with zero attached hydrogens (tertiary/aromatic N) is 2. The maximum Gasteiger partial charge on any atom is 0.214 e. The van der Waals surface area contributed by atoms with E-state index in [0.29, 0.717) is 32.0 Å². The molecule has 1 saturated carbocycles. The maximum atomic E-state index is 12.4. The van der Waals surface area contributed by atoms with Gasteiger partial charge in [0.15, 0.2) is 5.79 Å². The highest BCUT2D eigenvalue weighted by Crippen LogP contribution is 2.42. The molecule has 8 heteroatoms. The lowest BCUT2D eigenvalue weighted by Gasteiger charge is -2.41. The van der Waals surface area contributed by atoms with E-state index in [4.69, 9.17) is 14.2 Å². The third-order valence-electron chi connectivity index (χ3n) is 6.00. The highest BCUT2D eigenvalue weighted by molar-refractivity contribution is 7.89. The number of piperazine rings is 1. The van der Waals surface area contributed by atoms with Crippen LogP contribution in [0.2, 0.25) is 0 Å². The van der Waals surface area contributed by atoms with Crippen LogP contribution in [0, 0.1) is 5.92 Å². The fourth-order valence-corrected chi connectivity index (χ4v) is 5.95. The first-order valence-corrected chi connectivity index (χ1v) is 11.6. The third kappa shape index (κ3) is 4.97. The second-order valence-corrected chi connectivity index (χ2v) is 9.73. The second kappa shape index (κ2) is 9.30. The van der Waals surface area contributed by atoms with E-state index in [9.17, 15) is 8.42 Å². The first-order valence-electron chi connectivity index (χ1n) is 10.0. The van der Waals surface area contributed by atoms with Crippen LogP contribution in [0.4, 0.5) is 0 Å². The first kappa shape index (κ1) is 20.5. The van der Waals surface area contributed by atoms with E-state index in [1.807, 2.05) is 0 Å². The number of sulfonamides is 1. The molecule has 152 valence electrons. The molecule has 2 saturated heterocycles. The van der Waals surface area contributed by atoms with Gasteiger partial charge in [-0.05, 0) is 32.2 Å². The summed E-state index contributed by atoms with van der Waals surface area (Å²) in [7, 11) is -1.55. The molecule has 26 heavy (non-hydrogen) atoms. The smallest absolute Gasteiger partial charge is 0.214 e. The number of hydrogen-bond acceptors (Lipinski definition) is 6. The highest BCUT2D eigenvalue weighted by atomic mass is 32.2. The van der Waals surface area contributed by atoms with Crippen molar-refractivity contribution < 1.29 is 22.6 Å². The van der Waals surface area contributed by atoms with Crippen LogP contribution in [0.15, 0.2) is 0 Å². The van der Waals surface area contributed by atoms with Crippen LogP contribution in [0.25, 0.3) is 0 Å². The Balaban J connectivity index is 1.42. The first-order chi connectivity index (χ1) is 12.6. The molecule has 7 nitrogen and oxygen atoms in total. The Morgan fingerprint density at radius 3 is 2.54 bits per heavy atom. The molecule has 0 N–H and O–H groups in total. The minimum Gasteiger partial charge on any atom is -0.385 e. The largest absolute Gasteiger partial charge is 0.385 e. The Morgan fingerprint density at radius 1 is 1.12 bits per heavy atom. The van der Waals surface area contributed by atoms with Gasteiger partial charge in [0, 0.05) is 52.2 Å². The van der Waals surface area contributed by atoms with Gasteiger partial charge in [0.2, 0.25) is 10.0 Å². The summed E-state index contributed by atoms with van der Waals surface area (Å²) in [6, 6.07) is 0. The van der Waals surface area contributed by atoms with Crippen molar-refractivity contribution in [2.24, 2.45) is 5.92 Å². The molecule has 0 amide bonds. The normalized spacial score (nSPS) is 28.0. The Hall–Kier alpha value is -0.250. The van der Waals surface area contributed by atoms with Crippen molar-refractivity contribution in [1.82, 2.24) is 9.21 Å². The number of rotatable bonds is 8. The average molecular weight is 391 g/mol. The van der Waals surface area contributed by atoms with Gasteiger partial charge in [0.25, 0.3) is 0 Å². The number of ether oxygens (including phenoxy) is 3. The number of hydrogen-bond donors (Lipinski definition) is 0. The van der Waals surface area contributed by atoms with Crippen LogP contribution >= 0.6 is 0 Å². The molecule has 0 unspecified atom stereocenters. The van der Waals surface area contributed by atoms with Gasteiger partial charge in [-0.2, -0.15) is 4.31 Å². The third-order valence-corrected chi connectivity index (χ3v) is 7.95. The van der Waals surface area contributed by atoms with E-state index in [2.05, 4.69) is 4.90 Å². The molecular weight excluding hydrogens is 356 g/mol. The summed E-state index contributed by atoms with van der Waals surface area (Å²) in [6.45, 7) is 5.74. The van der Waals surface area contributed by atoms with Crippen LogP contribution in [-0.4, -0.2) is 88.8 Å². The molecule has 1 spiro atoms. The monoisotopic (exact) mass is 390 g/mol. The summed E-state index contributed by atoms with van der Waals surface area (Å²) in [6.07, 6.45) is 6.27. The van der Waals surface area contributed by atoms with Crippen LogP contribution in [-0.2, 0) is 24.2 Å². The molecule has 1 aliphatic carbocycles.